The molecule has 3 aromatic carbocycles. The lowest BCUT2D eigenvalue weighted by Gasteiger charge is -2.11. The van der Waals surface area contributed by atoms with Gasteiger partial charge in [-0.15, -0.1) is 0 Å². The van der Waals surface area contributed by atoms with E-state index in [1.165, 1.54) is 0 Å². The van der Waals surface area contributed by atoms with Gasteiger partial charge in [-0.2, -0.15) is 31.6 Å². The molecule has 0 aliphatic heterocycles. The van der Waals surface area contributed by atoms with Crippen molar-refractivity contribution < 1.29 is 0 Å². The lowest BCUT2D eigenvalue weighted by molar-refractivity contribution is 1.45. The molecule has 0 heterocycles. The molecule has 3 aromatic rings. The van der Waals surface area contributed by atoms with Gasteiger partial charge in [0.05, 0.1) is 23.3 Å². The standard InChI is InChI=1S/C28H8N6/c29-9-15-1-3-19-20-5-6-22-25(17(11-31)12-32)24-8-16(10-30)2-4-21(24)27(22)28(20)26(23(19)7-15)18(13-33)14-34/h1-8H. The average Bonchev–Trinajstić information content (AvgIpc) is 3.38. The molecule has 0 aromatic heterocycles. The minimum absolute atomic E-state index is 0.0939. The molecule has 0 bridgehead atoms. The second-order valence-corrected chi connectivity index (χ2v) is 7.60. The van der Waals surface area contributed by atoms with E-state index >= 15 is 0 Å². The van der Waals surface area contributed by atoms with Crippen LogP contribution >= 0.6 is 0 Å². The topological polar surface area (TPSA) is 143 Å². The van der Waals surface area contributed by atoms with E-state index in [-0.39, 0.29) is 11.1 Å². The lowest BCUT2D eigenvalue weighted by Crippen LogP contribution is -1.93. The number of rotatable bonds is 0. The van der Waals surface area contributed by atoms with Crippen molar-refractivity contribution in [3.05, 3.63) is 93.1 Å². The molecule has 0 saturated carbocycles. The highest BCUT2D eigenvalue weighted by Crippen LogP contribution is 2.56. The Morgan fingerprint density at radius 3 is 1.47 bits per heavy atom. The van der Waals surface area contributed by atoms with Crippen LogP contribution in [0.3, 0.4) is 0 Å². The highest BCUT2D eigenvalue weighted by molar-refractivity contribution is 6.15. The van der Waals surface area contributed by atoms with Crippen LogP contribution in [0.2, 0.25) is 0 Å². The zero-order chi connectivity index (χ0) is 24.0. The third-order valence-corrected chi connectivity index (χ3v) is 6.07. The SMILES string of the molecule is N#CC(C#N)=C1c2cc(C#N)ccc2-c2c1ccc1c2C(=C(C#N)C#N)c2cc(C#N)ccc2-1. The smallest absolute Gasteiger partial charge is 0.138 e. The molecule has 0 saturated heterocycles. The van der Waals surface area contributed by atoms with E-state index < -0.39 is 0 Å². The number of hydrogen-bond acceptors (Lipinski definition) is 6. The van der Waals surface area contributed by atoms with E-state index in [0.29, 0.717) is 55.7 Å². The second-order valence-electron chi connectivity index (χ2n) is 7.60. The van der Waals surface area contributed by atoms with Gasteiger partial charge in [-0.1, -0.05) is 24.3 Å². The van der Waals surface area contributed by atoms with E-state index in [4.69, 9.17) is 0 Å². The molecular weight excluding hydrogens is 420 g/mol. The molecule has 34 heavy (non-hydrogen) atoms. The van der Waals surface area contributed by atoms with Crippen molar-refractivity contribution in [2.45, 2.75) is 0 Å². The molecule has 0 N–H and O–H groups in total. The van der Waals surface area contributed by atoms with Crippen LogP contribution in [0.25, 0.3) is 33.4 Å². The summed E-state index contributed by atoms with van der Waals surface area (Å²) in [5.74, 6) is 0. The van der Waals surface area contributed by atoms with E-state index in [1.807, 2.05) is 36.4 Å². The summed E-state index contributed by atoms with van der Waals surface area (Å²) in [7, 11) is 0. The number of allylic oxidation sites excluding steroid dienone is 2. The lowest BCUT2D eigenvalue weighted by atomic mass is 9.90. The van der Waals surface area contributed by atoms with Crippen LogP contribution in [-0.4, -0.2) is 0 Å². The van der Waals surface area contributed by atoms with Crippen molar-refractivity contribution in [2.24, 2.45) is 0 Å². The highest BCUT2D eigenvalue weighted by atomic mass is 14.4. The van der Waals surface area contributed by atoms with Gasteiger partial charge in [-0.3, -0.25) is 0 Å². The Morgan fingerprint density at radius 1 is 0.441 bits per heavy atom. The summed E-state index contributed by atoms with van der Waals surface area (Å²) in [6.45, 7) is 0. The van der Waals surface area contributed by atoms with Gasteiger partial charge in [0.1, 0.15) is 35.4 Å². The van der Waals surface area contributed by atoms with E-state index in [1.54, 1.807) is 36.4 Å². The zero-order valence-corrected chi connectivity index (χ0v) is 17.3. The molecule has 0 unspecified atom stereocenters. The van der Waals surface area contributed by atoms with E-state index in [2.05, 4.69) is 12.1 Å². The molecule has 0 atom stereocenters. The van der Waals surface area contributed by atoms with Gasteiger partial charge >= 0.3 is 0 Å². The van der Waals surface area contributed by atoms with E-state index in [9.17, 15) is 31.6 Å². The third-order valence-electron chi connectivity index (χ3n) is 6.07. The molecule has 0 radical (unpaired) electrons. The molecule has 6 nitrogen and oxygen atoms in total. The Bertz CT molecular complexity index is 1780. The summed E-state index contributed by atoms with van der Waals surface area (Å²) in [6, 6.07) is 25.9. The average molecular weight is 428 g/mol. The molecule has 0 amide bonds. The fourth-order valence-corrected chi connectivity index (χ4v) is 4.75. The summed E-state index contributed by atoms with van der Waals surface area (Å²) >= 11 is 0. The van der Waals surface area contributed by atoms with Crippen LogP contribution in [0.4, 0.5) is 0 Å². The van der Waals surface area contributed by atoms with Crippen molar-refractivity contribution in [3.63, 3.8) is 0 Å². The Balaban J connectivity index is 2.00. The molecule has 2 aliphatic carbocycles. The van der Waals surface area contributed by atoms with Crippen molar-refractivity contribution >= 4 is 11.1 Å². The van der Waals surface area contributed by atoms with Crippen LogP contribution in [0.5, 0.6) is 0 Å². The van der Waals surface area contributed by atoms with Gasteiger partial charge < -0.3 is 0 Å². The molecule has 0 spiro atoms. The van der Waals surface area contributed by atoms with Gasteiger partial charge in [0, 0.05) is 16.7 Å². The van der Waals surface area contributed by atoms with Crippen molar-refractivity contribution in [1.29, 1.82) is 31.6 Å². The highest BCUT2D eigenvalue weighted by Gasteiger charge is 2.36. The number of fused-ring (bicyclic) bond motifs is 7. The van der Waals surface area contributed by atoms with Gasteiger partial charge in [0.15, 0.2) is 0 Å². The zero-order valence-electron chi connectivity index (χ0n) is 17.3. The summed E-state index contributed by atoms with van der Waals surface area (Å²) in [6.07, 6.45) is 0. The number of nitrogens with zero attached hydrogens (tertiary/aromatic N) is 6. The predicted octanol–water partition coefficient (Wildman–Crippen LogP) is 5.09. The number of benzene rings is 3. The normalized spacial score (nSPS) is 11.2. The van der Waals surface area contributed by atoms with Crippen LogP contribution in [0.1, 0.15) is 33.4 Å². The minimum atomic E-state index is -0.100. The fraction of sp³-hybridized carbons (Fsp3) is 0. The van der Waals surface area contributed by atoms with Crippen molar-refractivity contribution in [1.82, 2.24) is 0 Å². The maximum atomic E-state index is 9.77. The predicted molar refractivity (Wildman–Crippen MR) is 121 cm³/mol. The third kappa shape index (κ3) is 2.50. The molecule has 150 valence electrons. The Labute approximate surface area is 194 Å². The first-order chi connectivity index (χ1) is 16.6. The first-order valence-corrected chi connectivity index (χ1v) is 9.98. The van der Waals surface area contributed by atoms with E-state index in [0.717, 1.165) is 11.1 Å². The maximum absolute atomic E-state index is 9.77. The van der Waals surface area contributed by atoms with Crippen LogP contribution < -0.4 is 0 Å². The van der Waals surface area contributed by atoms with Crippen molar-refractivity contribution in [2.75, 3.05) is 0 Å². The summed E-state index contributed by atoms with van der Waals surface area (Å²) in [5, 5.41) is 57.7. The van der Waals surface area contributed by atoms with Crippen molar-refractivity contribution in [3.8, 4) is 58.7 Å². The van der Waals surface area contributed by atoms with Crippen LogP contribution in [0.15, 0.2) is 59.7 Å². The molecule has 6 heteroatoms. The molecular formula is C28H8N6. The molecule has 2 aliphatic rings. The molecule has 5 rings (SSSR count). The second kappa shape index (κ2) is 7.34. The maximum Gasteiger partial charge on any atom is 0.138 e. The van der Waals surface area contributed by atoms with Gasteiger partial charge in [0.25, 0.3) is 0 Å². The summed E-state index contributed by atoms with van der Waals surface area (Å²) < 4.78 is 0. The van der Waals surface area contributed by atoms with Crippen LogP contribution in [0, 0.1) is 68.0 Å². The fourth-order valence-electron chi connectivity index (χ4n) is 4.75. The number of nitriles is 6. The summed E-state index contributed by atoms with van der Waals surface area (Å²) in [5.41, 5.74) is 6.78. The van der Waals surface area contributed by atoms with Gasteiger partial charge in [0.2, 0.25) is 0 Å². The largest absolute Gasteiger partial charge is 0.192 e. The Morgan fingerprint density at radius 2 is 0.912 bits per heavy atom. The monoisotopic (exact) mass is 428 g/mol. The number of hydrogen-bond donors (Lipinski definition) is 0. The van der Waals surface area contributed by atoms with Crippen LogP contribution in [-0.2, 0) is 0 Å². The Kier molecular flexibility index (Phi) is 4.32. The van der Waals surface area contributed by atoms with Gasteiger partial charge in [-0.05, 0) is 63.2 Å². The summed E-state index contributed by atoms with van der Waals surface area (Å²) in [4.78, 5) is 0. The first kappa shape index (κ1) is 20.0. The first-order valence-electron chi connectivity index (χ1n) is 9.98. The Hall–Kier alpha value is -5.92. The van der Waals surface area contributed by atoms with Gasteiger partial charge in [-0.25, -0.2) is 0 Å². The molecule has 0 fully saturated rings. The quantitative estimate of drug-likeness (QED) is 0.314. The minimum Gasteiger partial charge on any atom is -0.192 e.